The maximum Gasteiger partial charge on any atom is 0.124 e. The summed E-state index contributed by atoms with van der Waals surface area (Å²) in [7, 11) is 1.67. The van der Waals surface area contributed by atoms with Gasteiger partial charge in [-0.15, -0.1) is 0 Å². The minimum Gasteiger partial charge on any atom is -0.497 e. The van der Waals surface area contributed by atoms with Crippen molar-refractivity contribution in [3.05, 3.63) is 34.9 Å². The fourth-order valence-electron chi connectivity index (χ4n) is 1.58. The van der Waals surface area contributed by atoms with Gasteiger partial charge in [0.15, 0.2) is 0 Å². The number of halogens is 1. The molecule has 0 bridgehead atoms. The topological polar surface area (TPSA) is 30.5 Å². The summed E-state index contributed by atoms with van der Waals surface area (Å²) in [5.74, 6) is 1.70. The van der Waals surface area contributed by atoms with Crippen molar-refractivity contribution >= 4 is 11.6 Å². The number of rotatable bonds is 8. The molecule has 0 unspecified atom stereocenters. The molecule has 1 rings (SSSR count). The highest BCUT2D eigenvalue weighted by Gasteiger charge is 2.06. The molecular formula is C15H22ClNO2. The lowest BCUT2D eigenvalue weighted by atomic mass is 10.2. The first-order valence-electron chi connectivity index (χ1n) is 6.47. The summed E-state index contributed by atoms with van der Waals surface area (Å²) in [4.78, 5) is 0. The second-order valence-corrected chi connectivity index (χ2v) is 4.61. The van der Waals surface area contributed by atoms with Gasteiger partial charge in [0, 0.05) is 17.6 Å². The Hall–Kier alpha value is -1.19. The van der Waals surface area contributed by atoms with Gasteiger partial charge < -0.3 is 14.8 Å². The lowest BCUT2D eigenvalue weighted by Crippen LogP contribution is -2.15. The molecule has 106 valence electrons. The summed E-state index contributed by atoms with van der Waals surface area (Å²) in [5.41, 5.74) is 3.62. The van der Waals surface area contributed by atoms with E-state index in [2.05, 4.69) is 12.2 Å². The average Bonchev–Trinajstić information content (AvgIpc) is 2.45. The Morgan fingerprint density at radius 3 is 2.84 bits per heavy atom. The number of nitrogens with one attached hydrogen (secondary N) is 1. The molecule has 0 aliphatic carbocycles. The van der Waals surface area contributed by atoms with Crippen LogP contribution in [0.25, 0.3) is 0 Å². The van der Waals surface area contributed by atoms with Crippen molar-refractivity contribution in [1.82, 2.24) is 5.32 Å². The molecule has 0 saturated carbocycles. The van der Waals surface area contributed by atoms with Gasteiger partial charge >= 0.3 is 0 Å². The Morgan fingerprint density at radius 2 is 2.21 bits per heavy atom. The zero-order valence-corrected chi connectivity index (χ0v) is 12.6. The van der Waals surface area contributed by atoms with Crippen molar-refractivity contribution in [2.75, 3.05) is 20.3 Å². The van der Waals surface area contributed by atoms with Crippen LogP contribution < -0.4 is 14.8 Å². The molecule has 0 atom stereocenters. The smallest absolute Gasteiger partial charge is 0.124 e. The lowest BCUT2D eigenvalue weighted by Gasteiger charge is -2.13. The van der Waals surface area contributed by atoms with Crippen LogP contribution >= 0.6 is 11.6 Å². The maximum atomic E-state index is 5.77. The minimum atomic E-state index is 0.497. The van der Waals surface area contributed by atoms with Crippen molar-refractivity contribution < 1.29 is 9.47 Å². The van der Waals surface area contributed by atoms with Gasteiger partial charge in [-0.3, -0.25) is 0 Å². The number of hydrogen-bond donors (Lipinski definition) is 1. The highest BCUT2D eigenvalue weighted by atomic mass is 35.5. The molecule has 0 saturated heterocycles. The van der Waals surface area contributed by atoms with E-state index in [0.29, 0.717) is 6.61 Å². The maximum absolute atomic E-state index is 5.77. The Morgan fingerprint density at radius 1 is 1.42 bits per heavy atom. The Kier molecular flexibility index (Phi) is 7.38. The summed E-state index contributed by atoms with van der Waals surface area (Å²) in [6.45, 7) is 6.33. The highest BCUT2D eigenvalue weighted by molar-refractivity contribution is 6.25. The van der Waals surface area contributed by atoms with Crippen LogP contribution in [0.5, 0.6) is 11.5 Å². The van der Waals surface area contributed by atoms with E-state index >= 15 is 0 Å². The molecule has 0 heterocycles. The zero-order chi connectivity index (χ0) is 14.1. The summed E-state index contributed by atoms with van der Waals surface area (Å²) in [6, 6.07) is 5.83. The van der Waals surface area contributed by atoms with Crippen LogP contribution in [-0.2, 0) is 6.54 Å². The van der Waals surface area contributed by atoms with Gasteiger partial charge in [0.05, 0.1) is 7.11 Å². The summed E-state index contributed by atoms with van der Waals surface area (Å²) in [5, 5.41) is 3.37. The summed E-state index contributed by atoms with van der Waals surface area (Å²) in [6.07, 6.45) is 1.11. The first-order chi connectivity index (χ1) is 9.21. The van der Waals surface area contributed by atoms with Gasteiger partial charge in [0.2, 0.25) is 0 Å². The molecule has 1 aromatic carbocycles. The minimum absolute atomic E-state index is 0.497. The van der Waals surface area contributed by atoms with E-state index in [9.17, 15) is 0 Å². The van der Waals surface area contributed by atoms with Crippen molar-refractivity contribution in [1.29, 1.82) is 0 Å². The quantitative estimate of drug-likeness (QED) is 0.738. The monoisotopic (exact) mass is 283 g/mol. The predicted octanol–water partition coefficient (Wildman–Crippen LogP) is 3.72. The molecule has 0 aliphatic rings. The molecule has 0 aliphatic heterocycles. The van der Waals surface area contributed by atoms with Crippen LogP contribution in [0.1, 0.15) is 25.8 Å². The van der Waals surface area contributed by atoms with Crippen LogP contribution in [0.4, 0.5) is 0 Å². The van der Waals surface area contributed by atoms with Crippen molar-refractivity contribution in [2.45, 2.75) is 26.8 Å². The van der Waals surface area contributed by atoms with Crippen LogP contribution in [0.3, 0.4) is 0 Å². The average molecular weight is 284 g/mol. The van der Waals surface area contributed by atoms with Gasteiger partial charge in [-0.25, -0.2) is 0 Å². The fourth-order valence-corrected chi connectivity index (χ4v) is 1.65. The van der Waals surface area contributed by atoms with Gasteiger partial charge in [-0.2, -0.15) is 0 Å². The van der Waals surface area contributed by atoms with E-state index in [1.807, 2.05) is 25.1 Å². The summed E-state index contributed by atoms with van der Waals surface area (Å²) < 4.78 is 11.0. The standard InChI is InChI=1S/C15H22ClNO2/c1-4-7-17-10-13-8-14(18-3)5-6-15(13)19-11-12(2)9-16/h5-6,8-9,17H,4,7,10-11H2,1-3H3/b12-9+. The van der Waals surface area contributed by atoms with E-state index in [0.717, 1.165) is 42.1 Å². The molecule has 1 N–H and O–H groups in total. The Balaban J connectivity index is 2.76. The SMILES string of the molecule is CCCNCc1cc(OC)ccc1OC/C(C)=C/Cl. The van der Waals surface area contributed by atoms with Crippen molar-refractivity contribution in [3.63, 3.8) is 0 Å². The lowest BCUT2D eigenvalue weighted by molar-refractivity contribution is 0.345. The van der Waals surface area contributed by atoms with Crippen molar-refractivity contribution in [3.8, 4) is 11.5 Å². The Labute approximate surface area is 120 Å². The third kappa shape index (κ3) is 5.53. The van der Waals surface area contributed by atoms with E-state index < -0.39 is 0 Å². The molecule has 1 aromatic rings. The molecule has 0 aromatic heterocycles. The number of benzene rings is 1. The largest absolute Gasteiger partial charge is 0.497 e. The fraction of sp³-hybridized carbons (Fsp3) is 0.467. The van der Waals surface area contributed by atoms with Gasteiger partial charge in [0.25, 0.3) is 0 Å². The molecular weight excluding hydrogens is 262 g/mol. The first-order valence-corrected chi connectivity index (χ1v) is 6.91. The van der Waals surface area contributed by atoms with Crippen molar-refractivity contribution in [2.24, 2.45) is 0 Å². The van der Waals surface area contributed by atoms with E-state index in [1.54, 1.807) is 12.6 Å². The second kappa shape index (κ2) is 8.83. The van der Waals surface area contributed by atoms with Crippen LogP contribution in [0.15, 0.2) is 29.3 Å². The van der Waals surface area contributed by atoms with Crippen LogP contribution in [0.2, 0.25) is 0 Å². The highest BCUT2D eigenvalue weighted by Crippen LogP contribution is 2.24. The van der Waals surface area contributed by atoms with E-state index in [4.69, 9.17) is 21.1 Å². The molecule has 0 fully saturated rings. The first kappa shape index (κ1) is 15.9. The number of methoxy groups -OCH3 is 1. The molecule has 0 amide bonds. The third-order valence-electron chi connectivity index (χ3n) is 2.65. The number of ether oxygens (including phenoxy) is 2. The molecule has 0 radical (unpaired) electrons. The van der Waals surface area contributed by atoms with Crippen LogP contribution in [0, 0.1) is 0 Å². The predicted molar refractivity (Wildman–Crippen MR) is 80.1 cm³/mol. The number of hydrogen-bond acceptors (Lipinski definition) is 3. The van der Waals surface area contributed by atoms with Gasteiger partial charge in [-0.1, -0.05) is 18.5 Å². The Bertz CT molecular complexity index is 419. The summed E-state index contributed by atoms with van der Waals surface area (Å²) >= 11 is 5.63. The van der Waals surface area contributed by atoms with E-state index in [-0.39, 0.29) is 0 Å². The van der Waals surface area contributed by atoms with Gasteiger partial charge in [-0.05, 0) is 43.7 Å². The van der Waals surface area contributed by atoms with Crippen LogP contribution in [-0.4, -0.2) is 20.3 Å². The molecule has 0 spiro atoms. The molecule has 19 heavy (non-hydrogen) atoms. The molecule has 3 nitrogen and oxygen atoms in total. The third-order valence-corrected chi connectivity index (χ3v) is 3.02. The molecule has 4 heteroatoms. The zero-order valence-electron chi connectivity index (χ0n) is 11.8. The second-order valence-electron chi connectivity index (χ2n) is 4.39. The van der Waals surface area contributed by atoms with Gasteiger partial charge in [0.1, 0.15) is 18.1 Å². The van der Waals surface area contributed by atoms with E-state index in [1.165, 1.54) is 0 Å². The normalized spacial score (nSPS) is 11.5.